The van der Waals surface area contributed by atoms with Crippen molar-refractivity contribution in [2.24, 2.45) is 28.6 Å². The Bertz CT molecular complexity index is 1210. The highest BCUT2D eigenvalue weighted by Gasteiger charge is 2.71. The zero-order valence-electron chi connectivity index (χ0n) is 20.3. The van der Waals surface area contributed by atoms with Crippen LogP contribution in [0.3, 0.4) is 0 Å². The number of anilines is 1. The first-order valence-corrected chi connectivity index (χ1v) is 14.3. The van der Waals surface area contributed by atoms with Crippen LogP contribution in [0.5, 0.6) is 0 Å². The predicted molar refractivity (Wildman–Crippen MR) is 137 cm³/mol. The zero-order valence-corrected chi connectivity index (χ0v) is 22.0. The van der Waals surface area contributed by atoms with Gasteiger partial charge in [0.05, 0.1) is 23.5 Å². The number of halogens is 1. The van der Waals surface area contributed by atoms with Crippen LogP contribution in [0.2, 0.25) is 0 Å². The highest BCUT2D eigenvalue weighted by Crippen LogP contribution is 2.71. The van der Waals surface area contributed by atoms with Gasteiger partial charge in [0.15, 0.2) is 10.8 Å². The number of amides is 1. The van der Waals surface area contributed by atoms with Crippen LogP contribution < -0.4 is 5.32 Å². The molecule has 2 aromatic heterocycles. The summed E-state index contributed by atoms with van der Waals surface area (Å²) in [6, 6.07) is 0. The van der Waals surface area contributed by atoms with E-state index in [9.17, 15) is 9.90 Å². The van der Waals surface area contributed by atoms with Crippen LogP contribution in [0, 0.1) is 28.6 Å². The molecule has 1 amide bonds. The number of fused-ring (bicyclic) bond motifs is 5. The Kier molecular flexibility index (Phi) is 5.40. The number of alkyl halides is 1. The largest absolute Gasteiger partial charge is 0.390 e. The summed E-state index contributed by atoms with van der Waals surface area (Å²) in [5.41, 5.74) is 1.11. The molecule has 8 atom stereocenters. The van der Waals surface area contributed by atoms with Gasteiger partial charge in [0, 0.05) is 22.6 Å². The summed E-state index contributed by atoms with van der Waals surface area (Å²) in [7, 11) is 0. The van der Waals surface area contributed by atoms with Gasteiger partial charge in [0.1, 0.15) is 4.88 Å². The number of hydrogen-bond acceptors (Lipinski definition) is 6. The lowest BCUT2D eigenvalue weighted by Gasteiger charge is -2.62. The van der Waals surface area contributed by atoms with Crippen molar-refractivity contribution in [1.82, 2.24) is 9.97 Å². The van der Waals surface area contributed by atoms with E-state index in [0.717, 1.165) is 37.0 Å². The summed E-state index contributed by atoms with van der Waals surface area (Å²) in [6.45, 7) is 6.49. The van der Waals surface area contributed by atoms with Gasteiger partial charge < -0.3 is 5.11 Å². The molecule has 8 unspecified atom stereocenters. The Morgan fingerprint density at radius 3 is 2.89 bits per heavy atom. The fraction of sp³-hybridized carbons (Fsp3) is 0.593. The van der Waals surface area contributed by atoms with Crippen LogP contribution in [0.1, 0.15) is 74.2 Å². The summed E-state index contributed by atoms with van der Waals surface area (Å²) in [6.07, 6.45) is 10.7. The third-order valence-corrected chi connectivity index (χ3v) is 11.3. The van der Waals surface area contributed by atoms with Crippen molar-refractivity contribution < 1.29 is 14.3 Å². The van der Waals surface area contributed by atoms with E-state index in [-0.39, 0.29) is 29.1 Å². The average Bonchev–Trinajstić information content (AvgIpc) is 3.55. The number of hydrogen-bond donors (Lipinski definition) is 2. The van der Waals surface area contributed by atoms with Crippen LogP contribution in [0.4, 0.5) is 9.52 Å². The Labute approximate surface area is 213 Å². The first kappa shape index (κ1) is 23.5. The van der Waals surface area contributed by atoms with Gasteiger partial charge >= 0.3 is 0 Å². The van der Waals surface area contributed by atoms with E-state index in [2.05, 4.69) is 36.3 Å². The molecule has 5 nitrogen and oxygen atoms in total. The van der Waals surface area contributed by atoms with E-state index in [1.54, 1.807) is 11.7 Å². The van der Waals surface area contributed by atoms with Crippen LogP contribution >= 0.6 is 22.7 Å². The fourth-order valence-corrected chi connectivity index (χ4v) is 9.57. The number of allylic oxidation sites excluding steroid dienone is 4. The minimum Gasteiger partial charge on any atom is -0.390 e. The molecule has 8 heteroatoms. The number of nitrogens with one attached hydrogen (secondary N) is 1. The molecule has 2 heterocycles. The lowest BCUT2D eigenvalue weighted by atomic mass is 9.45. The van der Waals surface area contributed by atoms with Crippen LogP contribution in [0.15, 0.2) is 40.9 Å². The van der Waals surface area contributed by atoms with E-state index in [1.807, 2.05) is 18.4 Å². The molecule has 6 rings (SSSR count). The lowest BCUT2D eigenvalue weighted by Crippen LogP contribution is -2.66. The molecule has 0 aromatic carbocycles. The summed E-state index contributed by atoms with van der Waals surface area (Å²) in [5.74, 6) is 0.230. The molecule has 2 aromatic rings. The maximum atomic E-state index is 17.3. The van der Waals surface area contributed by atoms with Crippen molar-refractivity contribution in [3.8, 4) is 0 Å². The number of carbonyl (C=O) groups excluding carboxylic acids is 1. The molecule has 0 aliphatic heterocycles. The SMILES string of the molecule is CC1CC2C3CCC4=CCC=CC4(C)C3(F)C(O)CC2(C)C1c1csc(NC(=O)c2cncs2)n1. The van der Waals surface area contributed by atoms with Gasteiger partial charge in [-0.3, -0.25) is 15.1 Å². The van der Waals surface area contributed by atoms with E-state index < -0.39 is 17.2 Å². The Morgan fingerprint density at radius 1 is 1.29 bits per heavy atom. The molecule has 0 bridgehead atoms. The maximum absolute atomic E-state index is 17.3. The van der Waals surface area contributed by atoms with Crippen molar-refractivity contribution >= 4 is 33.7 Å². The molecule has 0 radical (unpaired) electrons. The smallest absolute Gasteiger partial charge is 0.269 e. The molecule has 3 fully saturated rings. The van der Waals surface area contributed by atoms with E-state index in [4.69, 9.17) is 4.98 Å². The second-order valence-corrected chi connectivity index (χ2v) is 13.1. The normalized spacial score (nSPS) is 42.1. The molecule has 2 N–H and O–H groups in total. The van der Waals surface area contributed by atoms with Crippen LogP contribution in [-0.4, -0.2) is 32.8 Å². The standard InChI is InChI=1S/C27H32FN3O2S2/c1-15-10-18-17-8-7-16-6-4-5-9-26(16,3)27(17,28)21(32)11-25(18,2)22(15)19-13-34-24(30-19)31-23(33)20-12-29-14-35-20/h5-6,9,12-15,17-18,21-22,32H,4,7-8,10-11H2,1-3H3,(H,30,31,33). The van der Waals surface area contributed by atoms with Crippen molar-refractivity contribution in [2.75, 3.05) is 5.32 Å². The number of aliphatic hydroxyl groups is 1. The molecule has 3 saturated carbocycles. The zero-order chi connectivity index (χ0) is 24.6. The number of rotatable bonds is 3. The predicted octanol–water partition coefficient (Wildman–Crippen LogP) is 6.37. The van der Waals surface area contributed by atoms with Crippen molar-refractivity contribution in [2.45, 2.75) is 70.6 Å². The maximum Gasteiger partial charge on any atom is 0.269 e. The second-order valence-electron chi connectivity index (χ2n) is 11.4. The number of aliphatic hydroxyl groups excluding tert-OH is 1. The highest BCUT2D eigenvalue weighted by atomic mass is 32.1. The Hall–Kier alpha value is -1.90. The number of aromatic nitrogens is 2. The van der Waals surface area contributed by atoms with Gasteiger partial charge in [-0.25, -0.2) is 9.37 Å². The quantitative estimate of drug-likeness (QED) is 0.468. The third kappa shape index (κ3) is 3.22. The van der Waals surface area contributed by atoms with Gasteiger partial charge in [-0.1, -0.05) is 37.6 Å². The van der Waals surface area contributed by atoms with Gasteiger partial charge in [-0.2, -0.15) is 0 Å². The monoisotopic (exact) mass is 513 g/mol. The topological polar surface area (TPSA) is 75.1 Å². The number of nitrogens with zero attached hydrogens (tertiary/aromatic N) is 2. The minimum atomic E-state index is -1.65. The van der Waals surface area contributed by atoms with E-state index >= 15 is 4.39 Å². The lowest BCUT2D eigenvalue weighted by molar-refractivity contribution is -0.191. The minimum absolute atomic E-state index is 0.114. The second kappa shape index (κ2) is 8.05. The Balaban J connectivity index is 1.31. The first-order valence-electron chi connectivity index (χ1n) is 12.6. The molecule has 0 spiro atoms. The number of carbonyl (C=O) groups is 1. The fourth-order valence-electron chi connectivity index (χ4n) is 8.32. The van der Waals surface area contributed by atoms with E-state index in [0.29, 0.717) is 22.3 Å². The van der Waals surface area contributed by atoms with Gasteiger partial charge in [-0.15, -0.1) is 22.7 Å². The van der Waals surface area contributed by atoms with Crippen LogP contribution in [-0.2, 0) is 0 Å². The Morgan fingerprint density at radius 2 is 2.11 bits per heavy atom. The number of thiazole rings is 2. The third-order valence-electron chi connectivity index (χ3n) is 9.75. The first-order chi connectivity index (χ1) is 16.7. The molecular formula is C27H32FN3O2S2. The summed E-state index contributed by atoms with van der Waals surface area (Å²) < 4.78 is 17.3. The van der Waals surface area contributed by atoms with Gasteiger partial charge in [0.2, 0.25) is 0 Å². The highest BCUT2D eigenvalue weighted by molar-refractivity contribution is 7.14. The molecule has 186 valence electrons. The van der Waals surface area contributed by atoms with Gasteiger partial charge in [0.25, 0.3) is 5.91 Å². The molecular weight excluding hydrogens is 481 g/mol. The summed E-state index contributed by atoms with van der Waals surface area (Å²) in [4.78, 5) is 21.8. The molecule has 0 saturated heterocycles. The summed E-state index contributed by atoms with van der Waals surface area (Å²) in [5, 5.41) is 17.1. The van der Waals surface area contributed by atoms with Crippen molar-refractivity contribution in [1.29, 1.82) is 0 Å². The molecule has 4 aliphatic rings. The molecule has 4 aliphatic carbocycles. The molecule has 35 heavy (non-hydrogen) atoms. The average molecular weight is 514 g/mol. The van der Waals surface area contributed by atoms with Crippen molar-refractivity contribution in [3.63, 3.8) is 0 Å². The van der Waals surface area contributed by atoms with Gasteiger partial charge in [-0.05, 0) is 56.3 Å². The summed E-state index contributed by atoms with van der Waals surface area (Å²) >= 11 is 2.72. The van der Waals surface area contributed by atoms with Crippen molar-refractivity contribution in [3.05, 3.63) is 51.5 Å². The van der Waals surface area contributed by atoms with Crippen LogP contribution in [0.25, 0.3) is 0 Å². The van der Waals surface area contributed by atoms with E-state index in [1.165, 1.54) is 22.7 Å².